The number of sulfone groups is 1. The number of carbonyl (C=O) groups excluding carboxylic acids is 3. The Balaban J connectivity index is 1.49. The van der Waals surface area contributed by atoms with E-state index in [9.17, 15) is 27.2 Å². The number of carbonyl (C=O) groups is 3. The van der Waals surface area contributed by atoms with E-state index in [2.05, 4.69) is 5.32 Å². The first-order valence-corrected chi connectivity index (χ1v) is 13.6. The molecule has 8 nitrogen and oxygen atoms in total. The highest BCUT2D eigenvalue weighted by Crippen LogP contribution is 2.20. The molecule has 0 saturated carbocycles. The van der Waals surface area contributed by atoms with Gasteiger partial charge in [-0.25, -0.2) is 12.8 Å². The molecule has 0 bridgehead atoms. The first-order valence-electron chi connectivity index (χ1n) is 11.2. The number of halogens is 1. The highest BCUT2D eigenvalue weighted by Gasteiger charge is 2.39. The zero-order chi connectivity index (χ0) is 25.7. The second-order valence-corrected chi connectivity index (χ2v) is 11.2. The van der Waals surface area contributed by atoms with Crippen LogP contribution in [0.15, 0.2) is 77.0 Å². The molecule has 1 aromatic heterocycles. The third-order valence-electron chi connectivity index (χ3n) is 5.83. The topological polar surface area (TPSA) is 104 Å². The van der Waals surface area contributed by atoms with Crippen LogP contribution in [-0.2, 0) is 25.8 Å². The van der Waals surface area contributed by atoms with Gasteiger partial charge in [-0.3, -0.25) is 14.4 Å². The summed E-state index contributed by atoms with van der Waals surface area (Å²) in [7, 11) is -4.39. The van der Waals surface area contributed by atoms with Crippen molar-refractivity contribution in [3.63, 3.8) is 0 Å². The van der Waals surface area contributed by atoms with Gasteiger partial charge >= 0.3 is 0 Å². The lowest BCUT2D eigenvalue weighted by atomic mass is 10.1. The largest absolute Gasteiger partial charge is 0.339 e. The molecular weight excluding hydrogens is 505 g/mol. The van der Waals surface area contributed by atoms with Crippen LogP contribution in [0.5, 0.6) is 0 Å². The molecule has 1 aliphatic rings. The minimum Gasteiger partial charge on any atom is -0.339 e. The fraction of sp³-hybridized carbons (Fsp3) is 0.240. The first-order chi connectivity index (χ1) is 17.3. The van der Waals surface area contributed by atoms with Crippen molar-refractivity contribution in [2.75, 3.05) is 26.2 Å². The quantitative estimate of drug-likeness (QED) is 0.473. The van der Waals surface area contributed by atoms with Gasteiger partial charge in [0.25, 0.3) is 11.8 Å². The minimum atomic E-state index is -4.39. The molecular formula is C25H24FN3O5S2. The van der Waals surface area contributed by atoms with E-state index >= 15 is 0 Å². The van der Waals surface area contributed by atoms with Gasteiger partial charge in [0.2, 0.25) is 21.1 Å². The van der Waals surface area contributed by atoms with Crippen molar-refractivity contribution in [3.8, 4) is 0 Å². The van der Waals surface area contributed by atoms with E-state index in [1.54, 1.807) is 16.3 Å². The van der Waals surface area contributed by atoms with Crippen LogP contribution in [0.2, 0.25) is 0 Å². The van der Waals surface area contributed by atoms with Crippen molar-refractivity contribution in [3.05, 3.63) is 88.4 Å². The Labute approximate surface area is 212 Å². The van der Waals surface area contributed by atoms with Gasteiger partial charge in [0.15, 0.2) is 0 Å². The molecule has 188 valence electrons. The molecule has 3 aromatic rings. The number of benzene rings is 2. The Morgan fingerprint density at radius 3 is 2.14 bits per heavy atom. The van der Waals surface area contributed by atoms with Crippen LogP contribution in [0, 0.1) is 5.82 Å². The SMILES string of the molecule is O=C(N[C@H](C(=O)N1CCN(C(=O)Cc2ccccc2)CC1)S(=O)(=O)c1ccc(F)cc1)c1cccs1. The van der Waals surface area contributed by atoms with Crippen LogP contribution < -0.4 is 5.32 Å². The van der Waals surface area contributed by atoms with Crippen LogP contribution >= 0.6 is 11.3 Å². The van der Waals surface area contributed by atoms with Gasteiger partial charge in [-0.1, -0.05) is 36.4 Å². The highest BCUT2D eigenvalue weighted by molar-refractivity contribution is 7.92. The maximum Gasteiger partial charge on any atom is 0.262 e. The van der Waals surface area contributed by atoms with Crippen molar-refractivity contribution >= 4 is 38.9 Å². The maximum absolute atomic E-state index is 13.4. The molecule has 11 heteroatoms. The van der Waals surface area contributed by atoms with Gasteiger partial charge in [0.1, 0.15) is 5.82 Å². The Morgan fingerprint density at radius 2 is 1.53 bits per heavy atom. The third kappa shape index (κ3) is 5.80. The molecule has 1 N–H and O–H groups in total. The number of hydrogen-bond acceptors (Lipinski definition) is 6. The summed E-state index contributed by atoms with van der Waals surface area (Å²) in [6.45, 7) is 0.701. The minimum absolute atomic E-state index is 0.0882. The monoisotopic (exact) mass is 529 g/mol. The van der Waals surface area contributed by atoms with E-state index in [-0.39, 0.29) is 48.3 Å². The van der Waals surface area contributed by atoms with E-state index < -0.39 is 32.8 Å². The van der Waals surface area contributed by atoms with Crippen molar-refractivity contribution in [2.45, 2.75) is 16.7 Å². The van der Waals surface area contributed by atoms with Gasteiger partial charge < -0.3 is 15.1 Å². The molecule has 1 aliphatic heterocycles. The summed E-state index contributed by atoms with van der Waals surface area (Å²) in [6.07, 6.45) is 0.229. The summed E-state index contributed by atoms with van der Waals surface area (Å²) >= 11 is 1.11. The predicted octanol–water partition coefficient (Wildman–Crippen LogP) is 2.33. The number of hydrogen-bond donors (Lipinski definition) is 1. The highest BCUT2D eigenvalue weighted by atomic mass is 32.2. The lowest BCUT2D eigenvalue weighted by molar-refractivity contribution is -0.139. The van der Waals surface area contributed by atoms with E-state index in [0.717, 1.165) is 41.2 Å². The van der Waals surface area contributed by atoms with E-state index in [4.69, 9.17) is 0 Å². The molecule has 0 aliphatic carbocycles. The number of nitrogens with zero attached hydrogens (tertiary/aromatic N) is 2. The molecule has 0 unspecified atom stereocenters. The normalized spacial score (nSPS) is 14.8. The molecule has 0 radical (unpaired) electrons. The summed E-state index contributed by atoms with van der Waals surface area (Å²) < 4.78 is 40.1. The average Bonchev–Trinajstić information content (AvgIpc) is 3.43. The van der Waals surface area contributed by atoms with Crippen LogP contribution in [-0.4, -0.2) is 67.5 Å². The van der Waals surface area contributed by atoms with E-state index in [0.29, 0.717) is 0 Å². The van der Waals surface area contributed by atoms with Crippen LogP contribution in [0.4, 0.5) is 4.39 Å². The smallest absolute Gasteiger partial charge is 0.262 e. The van der Waals surface area contributed by atoms with Crippen LogP contribution in [0.25, 0.3) is 0 Å². The molecule has 4 rings (SSSR count). The van der Waals surface area contributed by atoms with Crippen LogP contribution in [0.1, 0.15) is 15.2 Å². The van der Waals surface area contributed by atoms with Gasteiger partial charge in [0.05, 0.1) is 16.2 Å². The second-order valence-electron chi connectivity index (χ2n) is 8.20. The molecule has 3 amide bonds. The third-order valence-corrected chi connectivity index (χ3v) is 8.56. The Bertz CT molecular complexity index is 1320. The fourth-order valence-electron chi connectivity index (χ4n) is 3.85. The predicted molar refractivity (Wildman–Crippen MR) is 132 cm³/mol. The van der Waals surface area contributed by atoms with Crippen molar-refractivity contribution in [1.29, 1.82) is 0 Å². The molecule has 1 atom stereocenters. The standard InChI is InChI=1S/C25H24FN3O5S2/c26-19-8-10-20(11-9-19)36(33,34)24(27-23(31)21-7-4-16-35-21)25(32)29-14-12-28(13-15-29)22(30)17-18-5-2-1-3-6-18/h1-11,16,24H,12-15,17H2,(H,27,31)/t24-/m0/s1. The van der Waals surface area contributed by atoms with Crippen molar-refractivity contribution < 1.29 is 27.2 Å². The number of thiophene rings is 1. The van der Waals surface area contributed by atoms with E-state index in [1.807, 2.05) is 30.3 Å². The van der Waals surface area contributed by atoms with E-state index in [1.165, 1.54) is 11.0 Å². The molecule has 1 fully saturated rings. The number of nitrogens with one attached hydrogen (secondary N) is 1. The summed E-state index contributed by atoms with van der Waals surface area (Å²) in [4.78, 5) is 41.7. The van der Waals surface area contributed by atoms with Gasteiger partial charge in [-0.05, 0) is 41.3 Å². The maximum atomic E-state index is 13.4. The Kier molecular flexibility index (Phi) is 7.80. The van der Waals surface area contributed by atoms with Gasteiger partial charge in [-0.15, -0.1) is 11.3 Å². The van der Waals surface area contributed by atoms with Gasteiger partial charge in [0, 0.05) is 26.2 Å². The zero-order valence-corrected chi connectivity index (χ0v) is 20.8. The summed E-state index contributed by atoms with van der Waals surface area (Å²) in [5, 5.41) is 2.11. The number of amides is 3. The number of rotatable bonds is 7. The second kappa shape index (κ2) is 11.0. The van der Waals surface area contributed by atoms with Crippen LogP contribution in [0.3, 0.4) is 0 Å². The summed E-state index contributed by atoms with van der Waals surface area (Å²) in [5.41, 5.74) is 0.878. The van der Waals surface area contributed by atoms with Crippen molar-refractivity contribution in [2.24, 2.45) is 0 Å². The lowest BCUT2D eigenvalue weighted by Crippen LogP contribution is -2.58. The molecule has 1 saturated heterocycles. The first kappa shape index (κ1) is 25.5. The lowest BCUT2D eigenvalue weighted by Gasteiger charge is -2.36. The Hall–Kier alpha value is -3.57. The summed E-state index contributed by atoms with van der Waals surface area (Å²) in [6, 6.07) is 16.5. The fourth-order valence-corrected chi connectivity index (χ4v) is 5.95. The number of piperazine rings is 1. The molecule has 2 aromatic carbocycles. The van der Waals surface area contributed by atoms with Crippen molar-refractivity contribution in [1.82, 2.24) is 15.1 Å². The summed E-state index contributed by atoms with van der Waals surface area (Å²) in [5.74, 6) is -2.23. The average molecular weight is 530 g/mol. The van der Waals surface area contributed by atoms with Gasteiger partial charge in [-0.2, -0.15) is 0 Å². The zero-order valence-electron chi connectivity index (χ0n) is 19.2. The molecule has 36 heavy (non-hydrogen) atoms. The molecule has 2 heterocycles. The Morgan fingerprint density at radius 1 is 0.889 bits per heavy atom. The molecule has 0 spiro atoms.